The lowest BCUT2D eigenvalue weighted by Crippen LogP contribution is -2.52. The zero-order valence-corrected chi connectivity index (χ0v) is 24.8. The number of pyridine rings is 1. The fourth-order valence-electron chi connectivity index (χ4n) is 6.61. The van der Waals surface area contributed by atoms with Gasteiger partial charge in [0.25, 0.3) is 0 Å². The zero-order valence-electron chi connectivity index (χ0n) is 23.9. The minimum absolute atomic E-state index is 0.0194. The van der Waals surface area contributed by atoms with Gasteiger partial charge < -0.3 is 33.9 Å². The monoisotopic (exact) mass is 577 g/mol. The molecule has 9 nitrogen and oxygen atoms in total. The van der Waals surface area contributed by atoms with Crippen LogP contribution in [-0.4, -0.2) is 80.5 Å². The van der Waals surface area contributed by atoms with Crippen molar-refractivity contribution in [2.24, 2.45) is 5.92 Å². The molecule has 2 N–H and O–H groups in total. The highest BCUT2D eigenvalue weighted by molar-refractivity contribution is 7.70. The van der Waals surface area contributed by atoms with Crippen molar-refractivity contribution in [1.82, 2.24) is 9.88 Å². The van der Waals surface area contributed by atoms with Crippen LogP contribution in [0.2, 0.25) is 0 Å². The van der Waals surface area contributed by atoms with Crippen LogP contribution in [0.15, 0.2) is 60.7 Å². The van der Waals surface area contributed by atoms with E-state index in [1.54, 1.807) is 32.6 Å². The van der Waals surface area contributed by atoms with Crippen molar-refractivity contribution >= 4 is 12.4 Å². The number of hydrogen-bond donors (Lipinski definition) is 2. The highest BCUT2D eigenvalue weighted by Gasteiger charge is 2.77. The van der Waals surface area contributed by atoms with Crippen molar-refractivity contribution < 1.29 is 29.0 Å². The Labute approximate surface area is 240 Å². The molecule has 1 fully saturated rings. The van der Waals surface area contributed by atoms with Gasteiger partial charge in [0.15, 0.2) is 11.2 Å². The van der Waals surface area contributed by atoms with E-state index >= 15 is 0 Å². The summed E-state index contributed by atoms with van der Waals surface area (Å²) in [5.74, 6) is -0.799. The van der Waals surface area contributed by atoms with Gasteiger partial charge in [0, 0.05) is 43.4 Å². The maximum atomic E-state index is 13.0. The number of methoxy groups -OCH3 is 2. The molecule has 0 bridgehead atoms. The first kappa shape index (κ1) is 29.2. The summed E-state index contributed by atoms with van der Waals surface area (Å²) in [7, 11) is 2.44. The second-order valence-electron chi connectivity index (χ2n) is 11.3. The number of aliphatic hydroxyl groups is 2. The molecular weight excluding hydrogens is 541 g/mol. The van der Waals surface area contributed by atoms with E-state index in [1.165, 1.54) is 13.2 Å². The lowest BCUT2D eigenvalue weighted by Gasteiger charge is -2.41. The van der Waals surface area contributed by atoms with Gasteiger partial charge in [0.2, 0.25) is 5.88 Å². The van der Waals surface area contributed by atoms with E-state index < -0.39 is 36.3 Å². The fraction of sp³-hybridized carbons (Fsp3) is 0.419. The smallest absolute Gasteiger partial charge is 0.224 e. The van der Waals surface area contributed by atoms with Crippen molar-refractivity contribution in [2.75, 3.05) is 54.3 Å². The van der Waals surface area contributed by atoms with E-state index in [9.17, 15) is 20.0 Å². The second-order valence-corrected chi connectivity index (χ2v) is 14.5. The summed E-state index contributed by atoms with van der Waals surface area (Å²) in [5, 5.41) is 35.6. The molecule has 1 aliphatic carbocycles. The van der Waals surface area contributed by atoms with Crippen molar-refractivity contribution in [3.05, 3.63) is 83.0 Å². The topological polar surface area (TPSA) is 125 Å². The van der Waals surface area contributed by atoms with Gasteiger partial charge in [0.1, 0.15) is 24.7 Å². The highest BCUT2D eigenvalue weighted by atomic mass is 31.2. The molecule has 0 saturated heterocycles. The average molecular weight is 578 g/mol. The van der Waals surface area contributed by atoms with Crippen LogP contribution in [0.4, 0.5) is 0 Å². The molecule has 2 heterocycles. The van der Waals surface area contributed by atoms with Crippen molar-refractivity contribution in [1.29, 1.82) is 5.26 Å². The van der Waals surface area contributed by atoms with Gasteiger partial charge in [-0.1, -0.05) is 54.6 Å². The number of likely N-dealkylation sites (N-methyl/N-ethyl adjacent to an activating group) is 1. The molecule has 0 amide bonds. The molecule has 41 heavy (non-hydrogen) atoms. The van der Waals surface area contributed by atoms with Crippen LogP contribution in [0.1, 0.15) is 28.3 Å². The Morgan fingerprint density at radius 3 is 2.41 bits per heavy atom. The molecular formula is C31H36N3O6P. The number of nitrogens with zero attached hydrogens (tertiary/aromatic N) is 3. The summed E-state index contributed by atoms with van der Waals surface area (Å²) in [4.78, 5) is 6.38. The number of aromatic nitrogens is 1. The van der Waals surface area contributed by atoms with Crippen LogP contribution < -0.4 is 14.8 Å². The largest absolute Gasteiger partial charge is 0.481 e. The van der Waals surface area contributed by atoms with Gasteiger partial charge in [-0.05, 0) is 31.5 Å². The van der Waals surface area contributed by atoms with Gasteiger partial charge in [0.05, 0.1) is 25.4 Å². The fourth-order valence-corrected chi connectivity index (χ4v) is 7.47. The summed E-state index contributed by atoms with van der Waals surface area (Å²) in [6.45, 7) is 4.97. The highest BCUT2D eigenvalue weighted by Crippen LogP contribution is 2.69. The van der Waals surface area contributed by atoms with Crippen LogP contribution >= 0.6 is 7.14 Å². The summed E-state index contributed by atoms with van der Waals surface area (Å²) < 4.78 is 30.6. The molecule has 0 unspecified atom stereocenters. The van der Waals surface area contributed by atoms with E-state index in [1.807, 2.05) is 55.6 Å². The Morgan fingerprint density at radius 2 is 1.83 bits per heavy atom. The SMILES string of the molecule is COCCN(C)C[C@H]1[C@@H](O)[C@@]2(O)c3c(cc(C#N)nc3OC)O[C@@]2(c2ccc(P(C)(C)=O)cc2)[C@@H]1c1ccccc1. The molecule has 5 rings (SSSR count). The predicted molar refractivity (Wildman–Crippen MR) is 155 cm³/mol. The molecule has 0 spiro atoms. The first-order valence-corrected chi connectivity index (χ1v) is 16.1. The van der Waals surface area contributed by atoms with Crippen LogP contribution in [0.3, 0.4) is 0 Å². The number of fused-ring (bicyclic) bond motifs is 3. The number of nitriles is 1. The molecule has 1 saturated carbocycles. The van der Waals surface area contributed by atoms with Gasteiger partial charge in [-0.3, -0.25) is 0 Å². The van der Waals surface area contributed by atoms with E-state index in [-0.39, 0.29) is 22.9 Å². The van der Waals surface area contributed by atoms with E-state index in [0.29, 0.717) is 30.6 Å². The van der Waals surface area contributed by atoms with Gasteiger partial charge in [-0.25, -0.2) is 4.98 Å². The summed E-state index contributed by atoms with van der Waals surface area (Å²) in [5.41, 5.74) is -1.80. The van der Waals surface area contributed by atoms with E-state index in [2.05, 4.69) is 9.88 Å². The molecule has 3 aromatic rings. The van der Waals surface area contributed by atoms with E-state index in [0.717, 1.165) is 5.56 Å². The van der Waals surface area contributed by atoms with E-state index in [4.69, 9.17) is 14.2 Å². The summed E-state index contributed by atoms with van der Waals surface area (Å²) in [6.07, 6.45) is -1.31. The Morgan fingerprint density at radius 1 is 1.15 bits per heavy atom. The third kappa shape index (κ3) is 4.55. The third-order valence-electron chi connectivity index (χ3n) is 8.45. The molecule has 1 aromatic heterocycles. The standard InChI is InChI=1S/C31H36N3O6P/c1-34(15-16-38-2)19-24-26(20-9-7-6-8-10-20)31(21-11-13-23(14-12-21)41(4,5)37)30(36,28(24)35)27-25(40-31)17-22(18-32)33-29(27)39-3/h6-14,17,24,26,28,35-36H,15-16,19H2,1-5H3/t24-,26-,28-,30+,31+/m1/s1. The Kier molecular flexibility index (Phi) is 7.75. The molecule has 10 heteroatoms. The van der Waals surface area contributed by atoms with Crippen LogP contribution in [0.25, 0.3) is 0 Å². The first-order valence-electron chi connectivity index (χ1n) is 13.5. The molecule has 216 valence electrons. The van der Waals surface area contributed by atoms with Crippen LogP contribution in [0.5, 0.6) is 11.6 Å². The minimum atomic E-state index is -2.56. The number of aliphatic hydroxyl groups excluding tert-OH is 1. The summed E-state index contributed by atoms with van der Waals surface area (Å²) >= 11 is 0. The van der Waals surface area contributed by atoms with Gasteiger partial charge in [-0.15, -0.1) is 0 Å². The lowest BCUT2D eigenvalue weighted by molar-refractivity contribution is -0.152. The predicted octanol–water partition coefficient (Wildman–Crippen LogP) is 3.04. The lowest BCUT2D eigenvalue weighted by atomic mass is 9.71. The quantitative estimate of drug-likeness (QED) is 0.369. The van der Waals surface area contributed by atoms with Crippen molar-refractivity contribution in [2.45, 2.75) is 23.2 Å². The average Bonchev–Trinajstić information content (AvgIpc) is 3.33. The maximum absolute atomic E-state index is 13.0. The van der Waals surface area contributed by atoms with Crippen LogP contribution in [0, 0.1) is 17.2 Å². The summed E-state index contributed by atoms with van der Waals surface area (Å²) in [6, 6.07) is 20.4. The number of hydrogen-bond acceptors (Lipinski definition) is 9. The maximum Gasteiger partial charge on any atom is 0.224 e. The minimum Gasteiger partial charge on any atom is -0.481 e. The Hall–Kier alpha value is -3.25. The number of benzene rings is 2. The van der Waals surface area contributed by atoms with Gasteiger partial charge >= 0.3 is 0 Å². The normalized spacial score (nSPS) is 26.8. The third-order valence-corrected chi connectivity index (χ3v) is 9.99. The Bertz CT molecular complexity index is 1500. The molecule has 0 radical (unpaired) electrons. The number of ether oxygens (including phenoxy) is 3. The van der Waals surface area contributed by atoms with Crippen molar-refractivity contribution in [3.8, 4) is 17.7 Å². The zero-order chi connectivity index (χ0) is 29.6. The number of rotatable bonds is 9. The Balaban J connectivity index is 1.81. The molecule has 2 aliphatic rings. The second kappa shape index (κ2) is 10.9. The molecule has 2 aromatic carbocycles. The van der Waals surface area contributed by atoms with Crippen molar-refractivity contribution in [3.63, 3.8) is 0 Å². The molecule has 1 aliphatic heterocycles. The van der Waals surface area contributed by atoms with Gasteiger partial charge in [-0.2, -0.15) is 5.26 Å². The first-order chi connectivity index (χ1) is 19.5. The van der Waals surface area contributed by atoms with Crippen LogP contribution in [-0.2, 0) is 20.5 Å². The molecule has 5 atom stereocenters.